The second-order valence-electron chi connectivity index (χ2n) is 6.90. The smallest absolute Gasteiger partial charge is 0.273 e. The number of benzene rings is 1. The Morgan fingerprint density at radius 3 is 2.60 bits per heavy atom. The minimum atomic E-state index is -0.0595. The Morgan fingerprint density at radius 1 is 1.20 bits per heavy atom. The molecule has 0 radical (unpaired) electrons. The van der Waals surface area contributed by atoms with E-state index in [2.05, 4.69) is 15.3 Å². The molecule has 1 fully saturated rings. The zero-order valence-corrected chi connectivity index (χ0v) is 15.0. The maximum Gasteiger partial charge on any atom is 0.273 e. The molecule has 0 bridgehead atoms. The minimum absolute atomic E-state index is 0.0595. The molecule has 1 heterocycles. The first-order valence-electron chi connectivity index (χ1n) is 9.08. The molecule has 25 heavy (non-hydrogen) atoms. The minimum Gasteiger partial charge on any atom is -0.351 e. The molecule has 0 saturated heterocycles. The lowest BCUT2D eigenvalue weighted by atomic mass is 10.1. The van der Waals surface area contributed by atoms with E-state index in [9.17, 15) is 4.79 Å². The van der Waals surface area contributed by atoms with Crippen LogP contribution in [0.4, 0.5) is 5.95 Å². The Morgan fingerprint density at radius 2 is 1.92 bits per heavy atom. The Hall–Kier alpha value is -2.43. The van der Waals surface area contributed by atoms with Gasteiger partial charge in [-0.05, 0) is 38.3 Å². The van der Waals surface area contributed by atoms with E-state index in [0.29, 0.717) is 24.2 Å². The number of carbonyl (C=O) groups is 1. The average molecular weight is 338 g/mol. The van der Waals surface area contributed by atoms with Crippen molar-refractivity contribution in [2.24, 2.45) is 0 Å². The van der Waals surface area contributed by atoms with Crippen LogP contribution in [0, 0.1) is 0 Å². The molecule has 0 atom stereocenters. The maximum absolute atomic E-state index is 13.0. The highest BCUT2D eigenvalue weighted by atomic mass is 16.2. The molecule has 1 aliphatic carbocycles. The normalized spacial score (nSPS) is 14.7. The van der Waals surface area contributed by atoms with E-state index in [1.165, 1.54) is 12.8 Å². The van der Waals surface area contributed by atoms with Crippen molar-refractivity contribution < 1.29 is 4.79 Å². The van der Waals surface area contributed by atoms with Crippen molar-refractivity contribution in [3.05, 3.63) is 53.9 Å². The van der Waals surface area contributed by atoms with E-state index in [4.69, 9.17) is 0 Å². The standard InChI is InChI=1S/C20H26N4O/c1-15(2)24(14-16-8-4-3-5-9-16)19(25)18-12-13-21-20(23-18)22-17-10-6-7-11-17/h3-5,8-9,12-13,15,17H,6-7,10-11,14H2,1-2H3,(H,21,22,23). The molecule has 3 rings (SSSR count). The zero-order chi connectivity index (χ0) is 17.6. The molecule has 0 aliphatic heterocycles. The molecular weight excluding hydrogens is 312 g/mol. The number of amides is 1. The predicted molar refractivity (Wildman–Crippen MR) is 99.4 cm³/mol. The molecule has 1 aliphatic rings. The second kappa shape index (κ2) is 8.10. The third-order valence-electron chi connectivity index (χ3n) is 4.64. The van der Waals surface area contributed by atoms with Gasteiger partial charge in [-0.2, -0.15) is 0 Å². The van der Waals surface area contributed by atoms with Gasteiger partial charge in [-0.25, -0.2) is 9.97 Å². The van der Waals surface area contributed by atoms with Crippen LogP contribution in [0.3, 0.4) is 0 Å². The first kappa shape index (κ1) is 17.4. The van der Waals surface area contributed by atoms with E-state index in [1.807, 2.05) is 49.1 Å². The van der Waals surface area contributed by atoms with Gasteiger partial charge in [0.25, 0.3) is 5.91 Å². The number of aromatic nitrogens is 2. The number of hydrogen-bond donors (Lipinski definition) is 1. The van der Waals surface area contributed by atoms with Crippen molar-refractivity contribution in [3.63, 3.8) is 0 Å². The summed E-state index contributed by atoms with van der Waals surface area (Å²) < 4.78 is 0. The summed E-state index contributed by atoms with van der Waals surface area (Å²) in [5.74, 6) is 0.497. The van der Waals surface area contributed by atoms with Crippen LogP contribution < -0.4 is 5.32 Å². The van der Waals surface area contributed by atoms with E-state index >= 15 is 0 Å². The molecule has 132 valence electrons. The molecule has 1 N–H and O–H groups in total. The quantitative estimate of drug-likeness (QED) is 0.868. The van der Waals surface area contributed by atoms with Gasteiger partial charge in [-0.3, -0.25) is 4.79 Å². The zero-order valence-electron chi connectivity index (χ0n) is 15.0. The molecular formula is C20H26N4O. The summed E-state index contributed by atoms with van der Waals surface area (Å²) in [5.41, 5.74) is 1.56. The first-order valence-corrected chi connectivity index (χ1v) is 9.08. The van der Waals surface area contributed by atoms with Crippen molar-refractivity contribution in [2.75, 3.05) is 5.32 Å². The number of anilines is 1. The molecule has 0 unspecified atom stereocenters. The van der Waals surface area contributed by atoms with E-state index in [1.54, 1.807) is 12.3 Å². The van der Waals surface area contributed by atoms with E-state index < -0.39 is 0 Å². The highest BCUT2D eigenvalue weighted by molar-refractivity contribution is 5.92. The predicted octanol–water partition coefficient (Wildman–Crippen LogP) is 3.88. The van der Waals surface area contributed by atoms with Gasteiger partial charge in [0.1, 0.15) is 5.69 Å². The number of nitrogens with zero attached hydrogens (tertiary/aromatic N) is 3. The highest BCUT2D eigenvalue weighted by Gasteiger charge is 2.22. The summed E-state index contributed by atoms with van der Waals surface area (Å²) in [5, 5.41) is 3.36. The van der Waals surface area contributed by atoms with Crippen LogP contribution >= 0.6 is 0 Å². The number of hydrogen-bond acceptors (Lipinski definition) is 4. The van der Waals surface area contributed by atoms with Gasteiger partial charge in [-0.1, -0.05) is 43.2 Å². The Balaban J connectivity index is 1.74. The number of carbonyl (C=O) groups excluding carboxylic acids is 1. The van der Waals surface area contributed by atoms with Gasteiger partial charge < -0.3 is 10.2 Å². The Labute approximate surface area is 149 Å². The maximum atomic E-state index is 13.0. The number of rotatable bonds is 6. The van der Waals surface area contributed by atoms with Crippen LogP contribution in [0.2, 0.25) is 0 Å². The Kier molecular flexibility index (Phi) is 5.64. The SMILES string of the molecule is CC(C)N(Cc1ccccc1)C(=O)c1ccnc(NC2CCCC2)n1. The van der Waals surface area contributed by atoms with Gasteiger partial charge in [-0.15, -0.1) is 0 Å². The van der Waals surface area contributed by atoms with Crippen molar-refractivity contribution in [3.8, 4) is 0 Å². The molecule has 1 aromatic heterocycles. The van der Waals surface area contributed by atoms with Crippen molar-refractivity contribution in [2.45, 2.75) is 58.2 Å². The van der Waals surface area contributed by atoms with Gasteiger partial charge in [0.15, 0.2) is 0 Å². The fourth-order valence-electron chi connectivity index (χ4n) is 3.22. The fraction of sp³-hybridized carbons (Fsp3) is 0.450. The lowest BCUT2D eigenvalue weighted by Gasteiger charge is -2.26. The average Bonchev–Trinajstić information content (AvgIpc) is 3.13. The lowest BCUT2D eigenvalue weighted by molar-refractivity contribution is 0.0684. The summed E-state index contributed by atoms with van der Waals surface area (Å²) in [4.78, 5) is 23.6. The first-order chi connectivity index (χ1) is 12.1. The van der Waals surface area contributed by atoms with Crippen molar-refractivity contribution in [1.82, 2.24) is 14.9 Å². The molecule has 1 amide bonds. The van der Waals surface area contributed by atoms with Crippen LogP contribution in [0.5, 0.6) is 0 Å². The summed E-state index contributed by atoms with van der Waals surface area (Å²) in [6, 6.07) is 12.3. The molecule has 2 aromatic rings. The number of nitrogens with one attached hydrogen (secondary N) is 1. The summed E-state index contributed by atoms with van der Waals surface area (Å²) in [7, 11) is 0. The largest absolute Gasteiger partial charge is 0.351 e. The van der Waals surface area contributed by atoms with Crippen molar-refractivity contribution >= 4 is 11.9 Å². The van der Waals surface area contributed by atoms with E-state index in [-0.39, 0.29) is 11.9 Å². The molecule has 5 nitrogen and oxygen atoms in total. The van der Waals surface area contributed by atoms with Gasteiger partial charge in [0.2, 0.25) is 5.95 Å². The summed E-state index contributed by atoms with van der Waals surface area (Å²) in [6.45, 7) is 4.63. The molecule has 5 heteroatoms. The topological polar surface area (TPSA) is 58.1 Å². The van der Waals surface area contributed by atoms with Gasteiger partial charge >= 0.3 is 0 Å². The van der Waals surface area contributed by atoms with Crippen molar-refractivity contribution in [1.29, 1.82) is 0 Å². The molecule has 1 aromatic carbocycles. The summed E-state index contributed by atoms with van der Waals surface area (Å²) >= 11 is 0. The van der Waals surface area contributed by atoms with Crippen LogP contribution in [0.1, 0.15) is 55.6 Å². The van der Waals surface area contributed by atoms with Gasteiger partial charge in [0.05, 0.1) is 0 Å². The molecule has 1 saturated carbocycles. The van der Waals surface area contributed by atoms with Crippen LogP contribution in [-0.2, 0) is 6.54 Å². The second-order valence-corrected chi connectivity index (χ2v) is 6.90. The van der Waals surface area contributed by atoms with E-state index in [0.717, 1.165) is 18.4 Å². The fourth-order valence-corrected chi connectivity index (χ4v) is 3.22. The van der Waals surface area contributed by atoms with Crippen LogP contribution in [0.25, 0.3) is 0 Å². The lowest BCUT2D eigenvalue weighted by Crippen LogP contribution is -2.37. The third kappa shape index (κ3) is 4.56. The third-order valence-corrected chi connectivity index (χ3v) is 4.64. The summed E-state index contributed by atoms with van der Waals surface area (Å²) in [6.07, 6.45) is 6.45. The monoisotopic (exact) mass is 338 g/mol. The van der Waals surface area contributed by atoms with Crippen LogP contribution in [-0.4, -0.2) is 32.9 Å². The Bertz CT molecular complexity index is 696. The van der Waals surface area contributed by atoms with Gasteiger partial charge in [0, 0.05) is 24.8 Å². The van der Waals surface area contributed by atoms with Crippen LogP contribution in [0.15, 0.2) is 42.6 Å². The molecule has 0 spiro atoms. The highest BCUT2D eigenvalue weighted by Crippen LogP contribution is 2.21.